The molecule has 0 saturated heterocycles. The van der Waals surface area contributed by atoms with Gasteiger partial charge in [0.2, 0.25) is 0 Å². The van der Waals surface area contributed by atoms with E-state index in [0.717, 1.165) is 13.0 Å². The van der Waals surface area contributed by atoms with Gasteiger partial charge in [0.1, 0.15) is 0 Å². The van der Waals surface area contributed by atoms with E-state index < -0.39 is 0 Å². The van der Waals surface area contributed by atoms with E-state index >= 15 is 0 Å². The Kier molecular flexibility index (Phi) is 4.96. The van der Waals surface area contributed by atoms with Gasteiger partial charge in [-0.3, -0.25) is 4.68 Å². The first-order valence-electron chi connectivity index (χ1n) is 7.34. The van der Waals surface area contributed by atoms with Crippen LogP contribution in [-0.2, 0) is 20.0 Å². The summed E-state index contributed by atoms with van der Waals surface area (Å²) in [5.41, 5.74) is 3.97. The van der Waals surface area contributed by atoms with Crippen molar-refractivity contribution in [2.75, 3.05) is 0 Å². The molecule has 2 rings (SSSR count). The van der Waals surface area contributed by atoms with Gasteiger partial charge in [0, 0.05) is 31.4 Å². The highest BCUT2D eigenvalue weighted by molar-refractivity contribution is 5.25. The van der Waals surface area contributed by atoms with Crippen molar-refractivity contribution in [1.29, 1.82) is 0 Å². The Bertz CT molecular complexity index is 525. The Labute approximate surface area is 122 Å². The lowest BCUT2D eigenvalue weighted by molar-refractivity contribution is 0.573. The Balaban J connectivity index is 1.90. The highest BCUT2D eigenvalue weighted by Gasteiger charge is 2.06. The van der Waals surface area contributed by atoms with Gasteiger partial charge in [0.15, 0.2) is 0 Å². The van der Waals surface area contributed by atoms with Crippen LogP contribution < -0.4 is 5.32 Å². The second kappa shape index (κ2) is 6.71. The zero-order valence-corrected chi connectivity index (χ0v) is 12.9. The summed E-state index contributed by atoms with van der Waals surface area (Å²) in [5.74, 6) is 0.710. The first-order valence-corrected chi connectivity index (χ1v) is 7.34. The summed E-state index contributed by atoms with van der Waals surface area (Å²) >= 11 is 0. The molecule has 1 heterocycles. The lowest BCUT2D eigenvalue weighted by atomic mass is 10.00. The van der Waals surface area contributed by atoms with E-state index in [1.165, 1.54) is 16.7 Å². The highest BCUT2D eigenvalue weighted by Crippen LogP contribution is 2.16. The first kappa shape index (κ1) is 14.8. The molecule has 1 N–H and O–H groups in total. The van der Waals surface area contributed by atoms with Gasteiger partial charge in [-0.2, -0.15) is 5.10 Å². The molecule has 2 aromatic rings. The van der Waals surface area contributed by atoms with E-state index in [1.807, 2.05) is 24.1 Å². The molecule has 3 heteroatoms. The summed E-state index contributed by atoms with van der Waals surface area (Å²) in [5, 5.41) is 7.72. The van der Waals surface area contributed by atoms with Crippen LogP contribution in [0.15, 0.2) is 36.7 Å². The Morgan fingerprint density at radius 1 is 1.10 bits per heavy atom. The molecule has 0 fully saturated rings. The van der Waals surface area contributed by atoms with Crippen molar-refractivity contribution in [3.05, 3.63) is 53.3 Å². The minimum Gasteiger partial charge on any atom is -0.306 e. The molecule has 108 valence electrons. The summed E-state index contributed by atoms with van der Waals surface area (Å²) in [7, 11) is 1.94. The number of hydrogen-bond donors (Lipinski definition) is 1. The maximum Gasteiger partial charge on any atom is 0.0534 e. The van der Waals surface area contributed by atoms with Gasteiger partial charge in [-0.25, -0.2) is 0 Å². The van der Waals surface area contributed by atoms with Crippen LogP contribution in [-0.4, -0.2) is 9.78 Å². The van der Waals surface area contributed by atoms with Crippen LogP contribution in [0.25, 0.3) is 0 Å². The summed E-state index contributed by atoms with van der Waals surface area (Å²) in [6.07, 6.45) is 5.11. The molecule has 20 heavy (non-hydrogen) atoms. The summed E-state index contributed by atoms with van der Waals surface area (Å²) in [6.45, 7) is 7.56. The topological polar surface area (TPSA) is 29.9 Å². The van der Waals surface area contributed by atoms with Crippen LogP contribution in [0.2, 0.25) is 0 Å². The first-order chi connectivity index (χ1) is 9.54. The fourth-order valence-electron chi connectivity index (χ4n) is 2.37. The SMILES string of the molecule is CC(C)Cc1ccc(C(C)NCc2cnn(C)c2)cc1. The average Bonchev–Trinajstić information content (AvgIpc) is 2.82. The predicted octanol–water partition coefficient (Wildman–Crippen LogP) is 3.47. The Morgan fingerprint density at radius 2 is 1.80 bits per heavy atom. The Hall–Kier alpha value is -1.61. The van der Waals surface area contributed by atoms with Gasteiger partial charge < -0.3 is 5.32 Å². The zero-order valence-electron chi connectivity index (χ0n) is 12.9. The molecule has 3 nitrogen and oxygen atoms in total. The van der Waals surface area contributed by atoms with Gasteiger partial charge in [-0.15, -0.1) is 0 Å². The highest BCUT2D eigenvalue weighted by atomic mass is 15.2. The van der Waals surface area contributed by atoms with Crippen LogP contribution in [0.3, 0.4) is 0 Å². The number of hydrogen-bond acceptors (Lipinski definition) is 2. The second-order valence-corrected chi connectivity index (χ2v) is 5.96. The molecule has 0 bridgehead atoms. The number of nitrogens with zero attached hydrogens (tertiary/aromatic N) is 2. The fraction of sp³-hybridized carbons (Fsp3) is 0.471. The third-order valence-corrected chi connectivity index (χ3v) is 3.49. The molecule has 1 aromatic heterocycles. The molecule has 0 amide bonds. The molecule has 1 unspecified atom stereocenters. The number of nitrogens with one attached hydrogen (secondary N) is 1. The molecule has 1 atom stereocenters. The van der Waals surface area contributed by atoms with E-state index in [9.17, 15) is 0 Å². The molecule has 0 radical (unpaired) electrons. The number of aromatic nitrogens is 2. The molecule has 1 aromatic carbocycles. The van der Waals surface area contributed by atoms with E-state index in [-0.39, 0.29) is 0 Å². The lowest BCUT2D eigenvalue weighted by Crippen LogP contribution is -2.17. The molecule has 0 aliphatic carbocycles. The maximum absolute atomic E-state index is 4.18. The van der Waals surface area contributed by atoms with E-state index in [4.69, 9.17) is 0 Å². The summed E-state index contributed by atoms with van der Waals surface area (Å²) in [4.78, 5) is 0. The standard InChI is InChI=1S/C17H25N3/c1-13(2)9-15-5-7-17(8-6-15)14(3)18-10-16-11-19-20(4)12-16/h5-8,11-14,18H,9-10H2,1-4H3. The number of rotatable bonds is 6. The van der Waals surface area contributed by atoms with Crippen molar-refractivity contribution < 1.29 is 0 Å². The fourth-order valence-corrected chi connectivity index (χ4v) is 2.37. The van der Waals surface area contributed by atoms with Gasteiger partial charge >= 0.3 is 0 Å². The second-order valence-electron chi connectivity index (χ2n) is 5.96. The van der Waals surface area contributed by atoms with Crippen molar-refractivity contribution in [1.82, 2.24) is 15.1 Å². The third kappa shape index (κ3) is 4.20. The van der Waals surface area contributed by atoms with Crippen molar-refractivity contribution in [3.8, 4) is 0 Å². The van der Waals surface area contributed by atoms with Gasteiger partial charge in [-0.05, 0) is 30.4 Å². The molecule has 0 aliphatic heterocycles. The van der Waals surface area contributed by atoms with Crippen LogP contribution in [0.4, 0.5) is 0 Å². The maximum atomic E-state index is 4.18. The monoisotopic (exact) mass is 271 g/mol. The Morgan fingerprint density at radius 3 is 2.35 bits per heavy atom. The largest absolute Gasteiger partial charge is 0.306 e. The smallest absolute Gasteiger partial charge is 0.0534 e. The minimum atomic E-state index is 0.350. The minimum absolute atomic E-state index is 0.350. The number of benzene rings is 1. The molecular formula is C17H25N3. The van der Waals surface area contributed by atoms with Crippen LogP contribution in [0, 0.1) is 5.92 Å². The van der Waals surface area contributed by atoms with Crippen molar-refractivity contribution >= 4 is 0 Å². The molecule has 0 spiro atoms. The normalized spacial score (nSPS) is 12.8. The third-order valence-electron chi connectivity index (χ3n) is 3.49. The average molecular weight is 271 g/mol. The van der Waals surface area contributed by atoms with Crippen molar-refractivity contribution in [3.63, 3.8) is 0 Å². The van der Waals surface area contributed by atoms with E-state index in [1.54, 1.807) is 0 Å². The predicted molar refractivity (Wildman–Crippen MR) is 83.4 cm³/mol. The quantitative estimate of drug-likeness (QED) is 0.872. The molecule has 0 aliphatic rings. The zero-order chi connectivity index (χ0) is 14.5. The molecular weight excluding hydrogens is 246 g/mol. The van der Waals surface area contributed by atoms with Crippen molar-refractivity contribution in [2.24, 2.45) is 13.0 Å². The van der Waals surface area contributed by atoms with E-state index in [2.05, 4.69) is 55.5 Å². The molecule has 0 saturated carbocycles. The lowest BCUT2D eigenvalue weighted by Gasteiger charge is -2.14. The van der Waals surface area contributed by atoms with Crippen molar-refractivity contribution in [2.45, 2.75) is 39.8 Å². The summed E-state index contributed by atoms with van der Waals surface area (Å²) < 4.78 is 1.84. The van der Waals surface area contributed by atoms with Crippen LogP contribution in [0.5, 0.6) is 0 Å². The van der Waals surface area contributed by atoms with Crippen LogP contribution in [0.1, 0.15) is 43.5 Å². The number of aryl methyl sites for hydroxylation is 1. The van der Waals surface area contributed by atoms with Gasteiger partial charge in [-0.1, -0.05) is 38.1 Å². The van der Waals surface area contributed by atoms with E-state index in [0.29, 0.717) is 12.0 Å². The van der Waals surface area contributed by atoms with Gasteiger partial charge in [0.25, 0.3) is 0 Å². The summed E-state index contributed by atoms with van der Waals surface area (Å²) in [6, 6.07) is 9.31. The van der Waals surface area contributed by atoms with Gasteiger partial charge in [0.05, 0.1) is 6.20 Å². The van der Waals surface area contributed by atoms with Crippen LogP contribution >= 0.6 is 0 Å².